The van der Waals surface area contributed by atoms with Crippen molar-refractivity contribution >= 4 is 12.6 Å². The Morgan fingerprint density at radius 3 is 2.60 bits per heavy atom. The zero-order valence-corrected chi connectivity index (χ0v) is 10.5. The molecule has 86 valence electrons. The van der Waals surface area contributed by atoms with Crippen LogP contribution in [0.25, 0.3) is 0 Å². The minimum absolute atomic E-state index is 0.877. The Bertz CT molecular complexity index is 209. The van der Waals surface area contributed by atoms with Crippen LogP contribution < -0.4 is 0 Å². The second-order valence-corrected chi connectivity index (χ2v) is 5.27. The molecule has 2 heteroatoms. The molecule has 0 N–H and O–H groups in total. The molecule has 1 nitrogen and oxygen atoms in total. The third-order valence-corrected chi connectivity index (χ3v) is 4.18. The number of likely N-dealkylation sites (tertiary alicyclic amines) is 1. The molecule has 1 aliphatic heterocycles. The van der Waals surface area contributed by atoms with Crippen molar-refractivity contribution in [2.75, 3.05) is 18.8 Å². The van der Waals surface area contributed by atoms with E-state index < -0.39 is 0 Å². The summed E-state index contributed by atoms with van der Waals surface area (Å²) in [6, 6.07) is 0.900. The molecule has 1 aliphatic carbocycles. The van der Waals surface area contributed by atoms with Crippen molar-refractivity contribution in [1.82, 2.24) is 4.90 Å². The number of hydrogen-bond acceptors (Lipinski definition) is 2. The largest absolute Gasteiger partial charge is 0.296 e. The van der Waals surface area contributed by atoms with E-state index in [2.05, 4.69) is 29.7 Å². The highest BCUT2D eigenvalue weighted by Gasteiger charge is 2.32. The zero-order valence-electron chi connectivity index (χ0n) is 9.57. The van der Waals surface area contributed by atoms with Crippen molar-refractivity contribution in [3.05, 3.63) is 12.2 Å². The SMILES string of the molecule is SCC=CCN1CCCC1C1CCCC1. The number of hydrogen-bond donors (Lipinski definition) is 1. The van der Waals surface area contributed by atoms with E-state index in [9.17, 15) is 0 Å². The molecule has 2 aliphatic rings. The average Bonchev–Trinajstić information content (AvgIpc) is 2.87. The molecule has 15 heavy (non-hydrogen) atoms. The molecular formula is C13H23NS. The third-order valence-electron chi connectivity index (χ3n) is 3.97. The summed E-state index contributed by atoms with van der Waals surface area (Å²) >= 11 is 4.20. The van der Waals surface area contributed by atoms with Crippen LogP contribution in [0.5, 0.6) is 0 Å². The lowest BCUT2D eigenvalue weighted by molar-refractivity contribution is 0.209. The molecule has 0 aromatic heterocycles. The van der Waals surface area contributed by atoms with Crippen LogP contribution in [0.3, 0.4) is 0 Å². The molecule has 0 aromatic rings. The van der Waals surface area contributed by atoms with E-state index in [-0.39, 0.29) is 0 Å². The van der Waals surface area contributed by atoms with Crippen LogP contribution in [0.2, 0.25) is 0 Å². The molecule has 2 rings (SSSR count). The van der Waals surface area contributed by atoms with Gasteiger partial charge in [0.05, 0.1) is 0 Å². The maximum Gasteiger partial charge on any atom is 0.0166 e. The maximum absolute atomic E-state index is 4.20. The predicted octanol–water partition coefficient (Wildman–Crippen LogP) is 3.13. The number of nitrogens with zero attached hydrogens (tertiary/aromatic N) is 1. The standard InChI is InChI=1S/C13H23NS/c15-11-4-3-9-14-10-5-8-13(14)12-6-1-2-7-12/h3-4,12-13,15H,1-2,5-11H2. The molecule has 0 amide bonds. The summed E-state index contributed by atoms with van der Waals surface area (Å²) < 4.78 is 0. The minimum Gasteiger partial charge on any atom is -0.296 e. The van der Waals surface area contributed by atoms with Gasteiger partial charge in [-0.15, -0.1) is 0 Å². The van der Waals surface area contributed by atoms with Crippen molar-refractivity contribution in [2.24, 2.45) is 5.92 Å². The summed E-state index contributed by atoms with van der Waals surface area (Å²) in [4.78, 5) is 2.69. The number of rotatable bonds is 4. The molecule has 2 fully saturated rings. The molecule has 0 bridgehead atoms. The Morgan fingerprint density at radius 1 is 1.07 bits per heavy atom. The van der Waals surface area contributed by atoms with Gasteiger partial charge in [-0.1, -0.05) is 25.0 Å². The fourth-order valence-electron chi connectivity index (χ4n) is 3.24. The maximum atomic E-state index is 4.20. The van der Waals surface area contributed by atoms with Gasteiger partial charge in [0, 0.05) is 18.3 Å². The monoisotopic (exact) mass is 225 g/mol. The van der Waals surface area contributed by atoms with Crippen LogP contribution in [0.15, 0.2) is 12.2 Å². The highest BCUT2D eigenvalue weighted by atomic mass is 32.1. The second kappa shape index (κ2) is 5.95. The first kappa shape index (κ1) is 11.5. The molecule has 1 heterocycles. The van der Waals surface area contributed by atoms with Crippen molar-refractivity contribution in [3.63, 3.8) is 0 Å². The highest BCUT2D eigenvalue weighted by Crippen LogP contribution is 2.35. The summed E-state index contributed by atoms with van der Waals surface area (Å²) in [7, 11) is 0. The summed E-state index contributed by atoms with van der Waals surface area (Å²) in [5, 5.41) is 0. The van der Waals surface area contributed by atoms with Gasteiger partial charge in [0.15, 0.2) is 0 Å². The lowest BCUT2D eigenvalue weighted by Gasteiger charge is -2.28. The van der Waals surface area contributed by atoms with Gasteiger partial charge in [-0.25, -0.2) is 0 Å². The lowest BCUT2D eigenvalue weighted by atomic mass is 9.96. The first-order chi connectivity index (χ1) is 7.42. The van der Waals surface area contributed by atoms with Gasteiger partial charge >= 0.3 is 0 Å². The minimum atomic E-state index is 0.877. The first-order valence-corrected chi connectivity index (χ1v) is 7.05. The van der Waals surface area contributed by atoms with Crippen molar-refractivity contribution in [3.8, 4) is 0 Å². The Balaban J connectivity index is 1.84. The van der Waals surface area contributed by atoms with E-state index in [0.29, 0.717) is 0 Å². The Hall–Kier alpha value is 0.0500. The molecule has 0 radical (unpaired) electrons. The topological polar surface area (TPSA) is 3.24 Å². The van der Waals surface area contributed by atoms with E-state index in [0.717, 1.165) is 24.3 Å². The molecule has 1 saturated heterocycles. The lowest BCUT2D eigenvalue weighted by Crippen LogP contribution is -2.34. The van der Waals surface area contributed by atoms with Crippen molar-refractivity contribution in [1.29, 1.82) is 0 Å². The van der Waals surface area contributed by atoms with E-state index in [1.807, 2.05) is 0 Å². The van der Waals surface area contributed by atoms with Crippen LogP contribution >= 0.6 is 12.6 Å². The summed E-state index contributed by atoms with van der Waals surface area (Å²) in [6.07, 6.45) is 13.2. The summed E-state index contributed by atoms with van der Waals surface area (Å²) in [5.41, 5.74) is 0. The van der Waals surface area contributed by atoms with Crippen molar-refractivity contribution < 1.29 is 0 Å². The zero-order chi connectivity index (χ0) is 10.5. The molecule has 0 spiro atoms. The second-order valence-electron chi connectivity index (χ2n) is 4.90. The van der Waals surface area contributed by atoms with E-state index in [4.69, 9.17) is 0 Å². The Kier molecular flexibility index (Phi) is 4.58. The van der Waals surface area contributed by atoms with Crippen LogP contribution in [0.1, 0.15) is 38.5 Å². The van der Waals surface area contributed by atoms with E-state index in [1.165, 1.54) is 45.1 Å². The van der Waals surface area contributed by atoms with Crippen LogP contribution in [-0.4, -0.2) is 29.8 Å². The van der Waals surface area contributed by atoms with Gasteiger partial charge in [-0.2, -0.15) is 12.6 Å². The molecule has 1 unspecified atom stereocenters. The third kappa shape index (κ3) is 3.01. The summed E-state index contributed by atoms with van der Waals surface area (Å²) in [5.74, 6) is 1.89. The van der Waals surface area contributed by atoms with Gasteiger partial charge in [0.1, 0.15) is 0 Å². The van der Waals surface area contributed by atoms with E-state index in [1.54, 1.807) is 0 Å². The Labute approximate surface area is 99.3 Å². The van der Waals surface area contributed by atoms with Gasteiger partial charge in [-0.3, -0.25) is 4.90 Å². The van der Waals surface area contributed by atoms with Crippen molar-refractivity contribution in [2.45, 2.75) is 44.6 Å². The molecule has 1 saturated carbocycles. The quantitative estimate of drug-likeness (QED) is 0.568. The number of thiol groups is 1. The molecular weight excluding hydrogens is 202 g/mol. The Morgan fingerprint density at radius 2 is 1.87 bits per heavy atom. The molecule has 1 atom stereocenters. The van der Waals surface area contributed by atoms with E-state index >= 15 is 0 Å². The fourth-order valence-corrected chi connectivity index (χ4v) is 3.39. The smallest absolute Gasteiger partial charge is 0.0166 e. The van der Waals surface area contributed by atoms with Gasteiger partial charge < -0.3 is 0 Å². The van der Waals surface area contributed by atoms with Gasteiger partial charge in [0.25, 0.3) is 0 Å². The van der Waals surface area contributed by atoms with Crippen LogP contribution in [0.4, 0.5) is 0 Å². The average molecular weight is 225 g/mol. The van der Waals surface area contributed by atoms with Gasteiger partial charge in [0.2, 0.25) is 0 Å². The highest BCUT2D eigenvalue weighted by molar-refractivity contribution is 7.80. The normalized spacial score (nSPS) is 29.5. The van der Waals surface area contributed by atoms with Gasteiger partial charge in [-0.05, 0) is 38.1 Å². The van der Waals surface area contributed by atoms with Crippen LogP contribution in [-0.2, 0) is 0 Å². The predicted molar refractivity (Wildman–Crippen MR) is 69.5 cm³/mol. The first-order valence-electron chi connectivity index (χ1n) is 6.41. The molecule has 0 aromatic carbocycles. The fraction of sp³-hybridized carbons (Fsp3) is 0.846. The van der Waals surface area contributed by atoms with Crippen LogP contribution in [0, 0.1) is 5.92 Å². The summed E-state index contributed by atoms with van der Waals surface area (Å²) in [6.45, 7) is 2.47.